The predicted octanol–water partition coefficient (Wildman–Crippen LogP) is 0.837. The molecular formula is C14H21N5O2S. The Morgan fingerprint density at radius 2 is 2.05 bits per heavy atom. The Hall–Kier alpha value is -1.67. The topological polar surface area (TPSA) is 70.8 Å². The maximum Gasteiger partial charge on any atom is 0.210 e. The van der Waals surface area contributed by atoms with Crippen LogP contribution in [0.4, 0.5) is 5.82 Å². The second kappa shape index (κ2) is 5.85. The summed E-state index contributed by atoms with van der Waals surface area (Å²) in [6, 6.07) is 1.96. The number of piperidine rings is 1. The number of hydrogen-bond acceptors (Lipinski definition) is 5. The van der Waals surface area contributed by atoms with Crippen LogP contribution in [-0.2, 0) is 10.0 Å². The van der Waals surface area contributed by atoms with E-state index < -0.39 is 10.0 Å². The molecule has 0 radical (unpaired) electrons. The first kappa shape index (κ1) is 15.2. The van der Waals surface area contributed by atoms with E-state index in [1.165, 1.54) is 10.6 Å². The highest BCUT2D eigenvalue weighted by Gasteiger charge is 2.24. The van der Waals surface area contributed by atoms with E-state index >= 15 is 0 Å². The van der Waals surface area contributed by atoms with Crippen LogP contribution in [0.25, 0.3) is 5.52 Å². The monoisotopic (exact) mass is 323 g/mol. The number of rotatable bonds is 4. The summed E-state index contributed by atoms with van der Waals surface area (Å²) in [5.41, 5.74) is 1.01. The largest absolute Gasteiger partial charge is 0.355 e. The lowest BCUT2D eigenvalue weighted by Crippen LogP contribution is -2.39. The highest BCUT2D eigenvalue weighted by Crippen LogP contribution is 2.25. The van der Waals surface area contributed by atoms with Gasteiger partial charge in [-0.2, -0.15) is 5.10 Å². The Labute approximate surface area is 130 Å². The van der Waals surface area contributed by atoms with Gasteiger partial charge in [-0.3, -0.25) is 0 Å². The normalized spacial score (nSPS) is 17.5. The molecule has 1 fully saturated rings. The van der Waals surface area contributed by atoms with E-state index in [0.717, 1.165) is 37.3 Å². The Kier molecular flexibility index (Phi) is 4.05. The Bertz CT molecular complexity index is 749. The zero-order valence-electron chi connectivity index (χ0n) is 12.9. The number of sulfonamides is 1. The molecule has 1 aliphatic heterocycles. The molecule has 0 saturated carbocycles. The van der Waals surface area contributed by atoms with E-state index in [2.05, 4.69) is 15.0 Å². The molecule has 0 aromatic carbocycles. The fourth-order valence-electron chi connectivity index (χ4n) is 2.91. The van der Waals surface area contributed by atoms with Crippen molar-refractivity contribution < 1.29 is 8.42 Å². The first-order chi connectivity index (χ1) is 10.4. The summed E-state index contributed by atoms with van der Waals surface area (Å²) >= 11 is 0. The average molecular weight is 323 g/mol. The lowest BCUT2D eigenvalue weighted by atomic mass is 9.97. The van der Waals surface area contributed by atoms with Crippen LogP contribution in [0.5, 0.6) is 0 Å². The molecule has 0 N–H and O–H groups in total. The number of nitrogens with zero attached hydrogens (tertiary/aromatic N) is 5. The number of fused-ring (bicyclic) bond motifs is 1. The van der Waals surface area contributed by atoms with Crippen LogP contribution >= 0.6 is 0 Å². The van der Waals surface area contributed by atoms with E-state index in [-0.39, 0.29) is 0 Å². The highest BCUT2D eigenvalue weighted by molar-refractivity contribution is 7.88. The van der Waals surface area contributed by atoms with Gasteiger partial charge >= 0.3 is 0 Å². The molecule has 3 rings (SSSR count). The van der Waals surface area contributed by atoms with Crippen molar-refractivity contribution in [2.24, 2.45) is 5.92 Å². The smallest absolute Gasteiger partial charge is 0.210 e. The second-order valence-electron chi connectivity index (χ2n) is 5.89. The van der Waals surface area contributed by atoms with Gasteiger partial charge in [0.1, 0.15) is 5.52 Å². The van der Waals surface area contributed by atoms with Crippen molar-refractivity contribution in [2.75, 3.05) is 37.8 Å². The third-order valence-corrected chi connectivity index (χ3v) is 5.58. The van der Waals surface area contributed by atoms with Crippen LogP contribution in [0.15, 0.2) is 24.7 Å². The van der Waals surface area contributed by atoms with Gasteiger partial charge in [0.05, 0.1) is 12.5 Å². The van der Waals surface area contributed by atoms with Gasteiger partial charge in [-0.15, -0.1) is 0 Å². The summed E-state index contributed by atoms with van der Waals surface area (Å²) in [5.74, 6) is 1.36. The van der Waals surface area contributed by atoms with Crippen LogP contribution in [0.1, 0.15) is 12.8 Å². The van der Waals surface area contributed by atoms with E-state index in [1.54, 1.807) is 19.4 Å². The summed E-state index contributed by atoms with van der Waals surface area (Å²) in [6.45, 7) is 2.37. The molecule has 0 amide bonds. The number of anilines is 1. The van der Waals surface area contributed by atoms with Crippen LogP contribution in [0, 0.1) is 5.92 Å². The third-order valence-electron chi connectivity index (χ3n) is 4.30. The van der Waals surface area contributed by atoms with Crippen molar-refractivity contribution in [3.8, 4) is 0 Å². The first-order valence-electron chi connectivity index (χ1n) is 7.40. The molecule has 2 aromatic rings. The molecule has 22 heavy (non-hydrogen) atoms. The summed E-state index contributed by atoms with van der Waals surface area (Å²) in [4.78, 5) is 6.74. The number of hydrogen-bond donors (Lipinski definition) is 0. The van der Waals surface area contributed by atoms with Crippen molar-refractivity contribution in [1.29, 1.82) is 0 Å². The van der Waals surface area contributed by atoms with E-state index in [4.69, 9.17) is 0 Å². The molecule has 2 aromatic heterocycles. The van der Waals surface area contributed by atoms with Gasteiger partial charge in [0.25, 0.3) is 0 Å². The maximum atomic E-state index is 11.5. The van der Waals surface area contributed by atoms with Gasteiger partial charge in [-0.05, 0) is 24.8 Å². The molecule has 120 valence electrons. The van der Waals surface area contributed by atoms with Crippen molar-refractivity contribution in [3.05, 3.63) is 24.7 Å². The molecule has 0 unspecified atom stereocenters. The Morgan fingerprint density at radius 1 is 1.32 bits per heavy atom. The van der Waals surface area contributed by atoms with Gasteiger partial charge in [0.15, 0.2) is 5.82 Å². The molecule has 0 spiro atoms. The molecule has 7 nitrogen and oxygen atoms in total. The average Bonchev–Trinajstić information content (AvgIpc) is 2.95. The molecule has 3 heterocycles. The van der Waals surface area contributed by atoms with Crippen LogP contribution < -0.4 is 4.90 Å². The van der Waals surface area contributed by atoms with E-state index in [1.807, 2.05) is 16.8 Å². The van der Waals surface area contributed by atoms with Gasteiger partial charge in [0.2, 0.25) is 10.0 Å². The van der Waals surface area contributed by atoms with Crippen molar-refractivity contribution in [3.63, 3.8) is 0 Å². The summed E-state index contributed by atoms with van der Waals surface area (Å²) < 4.78 is 26.3. The fourth-order valence-corrected chi connectivity index (χ4v) is 3.39. The fraction of sp³-hybridized carbons (Fsp3) is 0.571. The van der Waals surface area contributed by atoms with Gasteiger partial charge in [-0.25, -0.2) is 22.2 Å². The minimum absolute atomic E-state index is 0.403. The maximum absolute atomic E-state index is 11.5. The minimum Gasteiger partial charge on any atom is -0.355 e. The van der Waals surface area contributed by atoms with Gasteiger partial charge in [-0.1, -0.05) is 0 Å². The van der Waals surface area contributed by atoms with Crippen molar-refractivity contribution in [2.45, 2.75) is 12.8 Å². The molecule has 1 aliphatic rings. The Morgan fingerprint density at radius 3 is 2.73 bits per heavy atom. The molecule has 0 atom stereocenters. The SMILES string of the molecule is CN(CC1CCN(c2nccn3nccc23)CC1)S(C)(=O)=O. The van der Waals surface area contributed by atoms with Crippen molar-refractivity contribution in [1.82, 2.24) is 18.9 Å². The van der Waals surface area contributed by atoms with Crippen molar-refractivity contribution >= 4 is 21.4 Å². The minimum atomic E-state index is -3.09. The zero-order valence-corrected chi connectivity index (χ0v) is 13.7. The standard InChI is InChI=1S/C14H21N5O2S/c1-17(22(2,20)21)11-12-4-8-18(9-5-12)14-13-3-6-16-19(13)10-7-15-14/h3,6-7,10,12H,4-5,8-9,11H2,1-2H3. The summed E-state index contributed by atoms with van der Waals surface area (Å²) in [7, 11) is -1.44. The third kappa shape index (κ3) is 3.07. The Balaban J connectivity index is 1.66. The lowest BCUT2D eigenvalue weighted by Gasteiger charge is -2.34. The molecule has 8 heteroatoms. The van der Waals surface area contributed by atoms with E-state index in [0.29, 0.717) is 12.5 Å². The van der Waals surface area contributed by atoms with Gasteiger partial charge in [0, 0.05) is 39.1 Å². The molecular weight excluding hydrogens is 302 g/mol. The first-order valence-corrected chi connectivity index (χ1v) is 9.24. The summed E-state index contributed by atoms with van der Waals surface area (Å²) in [5, 5.41) is 4.23. The van der Waals surface area contributed by atoms with Crippen LogP contribution in [0.3, 0.4) is 0 Å². The zero-order chi connectivity index (χ0) is 15.7. The quantitative estimate of drug-likeness (QED) is 0.834. The summed E-state index contributed by atoms with van der Waals surface area (Å²) in [6.07, 6.45) is 8.57. The predicted molar refractivity (Wildman–Crippen MR) is 85.4 cm³/mol. The van der Waals surface area contributed by atoms with Crippen LogP contribution in [-0.4, -0.2) is 60.3 Å². The second-order valence-corrected chi connectivity index (χ2v) is 7.98. The number of aromatic nitrogens is 3. The highest BCUT2D eigenvalue weighted by atomic mass is 32.2. The van der Waals surface area contributed by atoms with E-state index in [9.17, 15) is 8.42 Å². The molecule has 1 saturated heterocycles. The van der Waals surface area contributed by atoms with Gasteiger partial charge < -0.3 is 4.90 Å². The molecule has 0 aliphatic carbocycles. The lowest BCUT2D eigenvalue weighted by molar-refractivity contribution is 0.329. The molecule has 0 bridgehead atoms. The van der Waals surface area contributed by atoms with Crippen LogP contribution in [0.2, 0.25) is 0 Å².